The Morgan fingerprint density at radius 2 is 1.90 bits per heavy atom. The molecular formula is C23H26FN3O3. The summed E-state index contributed by atoms with van der Waals surface area (Å²) in [4.78, 5) is 32.1. The number of nitrogens with one attached hydrogen (secondary N) is 1. The number of carbonyl (C=O) groups excluding carboxylic acids is 2. The van der Waals surface area contributed by atoms with Crippen molar-refractivity contribution in [2.75, 3.05) is 24.7 Å². The second kappa shape index (κ2) is 8.92. The van der Waals surface area contributed by atoms with Crippen molar-refractivity contribution >= 4 is 17.5 Å². The molecule has 4 rings (SSSR count). The Bertz CT molecular complexity index is 926. The number of aryl methyl sites for hydroxylation is 1. The van der Waals surface area contributed by atoms with Crippen molar-refractivity contribution in [3.8, 4) is 0 Å². The summed E-state index contributed by atoms with van der Waals surface area (Å²) in [5, 5.41) is 2.91. The van der Waals surface area contributed by atoms with Crippen LogP contribution in [-0.4, -0.2) is 36.6 Å². The number of ether oxygens (including phenoxy) is 1. The zero-order valence-electron chi connectivity index (χ0n) is 17.1. The summed E-state index contributed by atoms with van der Waals surface area (Å²) in [6.07, 6.45) is 3.21. The second-order valence-electron chi connectivity index (χ2n) is 7.88. The molecule has 2 aliphatic heterocycles. The largest absolute Gasteiger partial charge is 0.381 e. The quantitative estimate of drug-likeness (QED) is 0.837. The van der Waals surface area contributed by atoms with Gasteiger partial charge in [0.2, 0.25) is 5.91 Å². The summed E-state index contributed by atoms with van der Waals surface area (Å²) in [6.45, 7) is 3.85. The molecule has 0 saturated carbocycles. The number of anilines is 1. The highest BCUT2D eigenvalue weighted by atomic mass is 19.1. The van der Waals surface area contributed by atoms with Gasteiger partial charge in [-0.05, 0) is 69.0 Å². The molecule has 7 heteroatoms. The first-order valence-corrected chi connectivity index (χ1v) is 10.5. The number of benzene rings is 1. The number of hydrogen-bond acceptors (Lipinski definition) is 4. The number of rotatable bonds is 4. The smallest absolute Gasteiger partial charge is 0.251 e. The van der Waals surface area contributed by atoms with Crippen LogP contribution in [-0.2, 0) is 16.0 Å². The number of nitrogens with zero attached hydrogens (tertiary/aromatic N) is 2. The van der Waals surface area contributed by atoms with Gasteiger partial charge < -0.3 is 15.0 Å². The van der Waals surface area contributed by atoms with E-state index in [-0.39, 0.29) is 29.6 Å². The highest BCUT2D eigenvalue weighted by Crippen LogP contribution is 2.30. The van der Waals surface area contributed by atoms with Gasteiger partial charge in [0, 0.05) is 31.2 Å². The molecule has 1 aromatic heterocycles. The lowest BCUT2D eigenvalue weighted by Crippen LogP contribution is -2.41. The van der Waals surface area contributed by atoms with E-state index in [1.807, 2.05) is 24.0 Å². The maximum atomic E-state index is 13.1. The van der Waals surface area contributed by atoms with Crippen molar-refractivity contribution in [1.82, 2.24) is 10.3 Å². The first kappa shape index (κ1) is 20.5. The molecule has 1 N–H and O–H groups in total. The fourth-order valence-corrected chi connectivity index (χ4v) is 4.06. The Balaban J connectivity index is 1.48. The molecule has 0 unspecified atom stereocenters. The van der Waals surface area contributed by atoms with Crippen molar-refractivity contribution in [1.29, 1.82) is 0 Å². The van der Waals surface area contributed by atoms with E-state index in [1.54, 1.807) is 0 Å². The molecule has 0 radical (unpaired) electrons. The molecule has 3 heterocycles. The van der Waals surface area contributed by atoms with Gasteiger partial charge in [-0.2, -0.15) is 0 Å². The van der Waals surface area contributed by atoms with Crippen molar-refractivity contribution < 1.29 is 18.7 Å². The normalized spacial score (nSPS) is 17.9. The predicted octanol–water partition coefficient (Wildman–Crippen LogP) is 3.42. The van der Waals surface area contributed by atoms with Gasteiger partial charge in [-0.1, -0.05) is 0 Å². The van der Waals surface area contributed by atoms with Gasteiger partial charge in [-0.3, -0.25) is 14.6 Å². The average molecular weight is 411 g/mol. The van der Waals surface area contributed by atoms with Gasteiger partial charge in [0.05, 0.1) is 23.1 Å². The summed E-state index contributed by atoms with van der Waals surface area (Å²) in [7, 11) is 0. The highest BCUT2D eigenvalue weighted by molar-refractivity contribution is 5.96. The summed E-state index contributed by atoms with van der Waals surface area (Å²) in [6, 6.07) is 8.93. The van der Waals surface area contributed by atoms with Crippen LogP contribution in [0, 0.1) is 11.7 Å². The molecule has 2 aliphatic rings. The number of carbonyl (C=O) groups is 2. The van der Waals surface area contributed by atoms with Crippen LogP contribution in [0.2, 0.25) is 0 Å². The Morgan fingerprint density at radius 1 is 1.17 bits per heavy atom. The standard InChI is InChI=1S/C23H26FN3O3/c1-15(25-22(28)16-4-6-18(24)7-5-16)19-8-9-21-20(26-19)3-2-12-27(21)23(29)17-10-13-30-14-11-17/h4-9,15,17H,2-3,10-14H2,1H3,(H,25,28)/t15-/m1/s1. The van der Waals surface area contributed by atoms with Gasteiger partial charge in [0.15, 0.2) is 0 Å². The lowest BCUT2D eigenvalue weighted by Gasteiger charge is -2.33. The number of amides is 2. The van der Waals surface area contributed by atoms with Crippen LogP contribution in [0.25, 0.3) is 0 Å². The molecule has 0 bridgehead atoms. The summed E-state index contributed by atoms with van der Waals surface area (Å²) >= 11 is 0. The molecule has 0 aliphatic carbocycles. The van der Waals surface area contributed by atoms with Crippen LogP contribution < -0.4 is 10.2 Å². The third-order valence-corrected chi connectivity index (χ3v) is 5.79. The molecule has 1 aromatic carbocycles. The van der Waals surface area contributed by atoms with Crippen molar-refractivity contribution in [3.05, 3.63) is 59.2 Å². The van der Waals surface area contributed by atoms with Gasteiger partial charge in [-0.25, -0.2) is 4.39 Å². The first-order valence-electron chi connectivity index (χ1n) is 10.5. The second-order valence-corrected chi connectivity index (χ2v) is 7.88. The van der Waals surface area contributed by atoms with E-state index in [0.717, 1.165) is 42.8 Å². The van der Waals surface area contributed by atoms with Crippen molar-refractivity contribution in [3.63, 3.8) is 0 Å². The Morgan fingerprint density at radius 3 is 2.63 bits per heavy atom. The van der Waals surface area contributed by atoms with E-state index in [0.29, 0.717) is 25.3 Å². The van der Waals surface area contributed by atoms with Gasteiger partial charge in [0.1, 0.15) is 5.82 Å². The molecule has 1 atom stereocenters. The number of aromatic nitrogens is 1. The van der Waals surface area contributed by atoms with Gasteiger partial charge in [-0.15, -0.1) is 0 Å². The average Bonchev–Trinajstić information content (AvgIpc) is 2.78. The zero-order chi connectivity index (χ0) is 21.1. The van der Waals surface area contributed by atoms with E-state index < -0.39 is 0 Å². The van der Waals surface area contributed by atoms with Gasteiger partial charge in [0.25, 0.3) is 5.91 Å². The molecule has 30 heavy (non-hydrogen) atoms. The maximum Gasteiger partial charge on any atom is 0.251 e. The third kappa shape index (κ3) is 4.36. The lowest BCUT2D eigenvalue weighted by atomic mass is 9.96. The Kier molecular flexibility index (Phi) is 6.08. The predicted molar refractivity (Wildman–Crippen MR) is 111 cm³/mol. The maximum absolute atomic E-state index is 13.1. The van der Waals surface area contributed by atoms with Crippen LogP contribution in [0.1, 0.15) is 54.0 Å². The van der Waals surface area contributed by atoms with E-state index in [9.17, 15) is 14.0 Å². The van der Waals surface area contributed by atoms with Crippen LogP contribution in [0.4, 0.5) is 10.1 Å². The van der Waals surface area contributed by atoms with E-state index in [2.05, 4.69) is 5.32 Å². The van der Waals surface area contributed by atoms with Crippen LogP contribution >= 0.6 is 0 Å². The van der Waals surface area contributed by atoms with Crippen molar-refractivity contribution in [2.24, 2.45) is 5.92 Å². The molecule has 1 fully saturated rings. The Hall–Kier alpha value is -2.80. The summed E-state index contributed by atoms with van der Waals surface area (Å²) in [5.74, 6) is -0.487. The number of hydrogen-bond donors (Lipinski definition) is 1. The minimum absolute atomic E-state index is 0.0123. The number of pyridine rings is 1. The number of halogens is 1. The summed E-state index contributed by atoms with van der Waals surface area (Å²) in [5.41, 5.74) is 2.90. The van der Waals surface area contributed by atoms with E-state index in [1.165, 1.54) is 24.3 Å². The SMILES string of the molecule is C[C@@H](NC(=O)c1ccc(F)cc1)c1ccc2c(n1)CCCN2C(=O)C1CCOCC1. The number of fused-ring (bicyclic) bond motifs is 1. The van der Waals surface area contributed by atoms with Crippen molar-refractivity contribution in [2.45, 2.75) is 38.6 Å². The fourth-order valence-electron chi connectivity index (χ4n) is 4.06. The minimum atomic E-state index is -0.379. The molecule has 6 nitrogen and oxygen atoms in total. The third-order valence-electron chi connectivity index (χ3n) is 5.79. The van der Waals surface area contributed by atoms with E-state index in [4.69, 9.17) is 9.72 Å². The van der Waals surface area contributed by atoms with Crippen LogP contribution in [0.5, 0.6) is 0 Å². The first-order chi connectivity index (χ1) is 14.5. The molecule has 158 valence electrons. The van der Waals surface area contributed by atoms with Gasteiger partial charge >= 0.3 is 0 Å². The summed E-state index contributed by atoms with van der Waals surface area (Å²) < 4.78 is 18.5. The van der Waals surface area contributed by atoms with E-state index >= 15 is 0 Å². The Labute approximate surface area is 175 Å². The minimum Gasteiger partial charge on any atom is -0.381 e. The molecule has 1 saturated heterocycles. The monoisotopic (exact) mass is 411 g/mol. The van der Waals surface area contributed by atoms with Crippen LogP contribution in [0.3, 0.4) is 0 Å². The fraction of sp³-hybridized carbons (Fsp3) is 0.435. The topological polar surface area (TPSA) is 71.5 Å². The molecule has 2 aromatic rings. The molecular weight excluding hydrogens is 385 g/mol. The van der Waals surface area contributed by atoms with Crippen LogP contribution in [0.15, 0.2) is 36.4 Å². The molecule has 2 amide bonds. The lowest BCUT2D eigenvalue weighted by molar-refractivity contribution is -0.125. The molecule has 0 spiro atoms. The highest BCUT2D eigenvalue weighted by Gasteiger charge is 2.30. The zero-order valence-corrected chi connectivity index (χ0v) is 17.1.